The van der Waals surface area contributed by atoms with Crippen LogP contribution < -0.4 is 5.32 Å². The van der Waals surface area contributed by atoms with E-state index in [1.54, 1.807) is 12.3 Å². The predicted octanol–water partition coefficient (Wildman–Crippen LogP) is 1.70. The molecular weight excluding hydrogens is 190 g/mol. The fourth-order valence-corrected chi connectivity index (χ4v) is 1.50. The first kappa shape index (κ1) is 9.71. The molecule has 0 radical (unpaired) electrons. The maximum atomic E-state index is 11.8. The molecule has 0 spiro atoms. The molecule has 2 N–H and O–H groups in total. The molecule has 0 aliphatic rings. The number of hydrogen-bond donors (Lipinski definition) is 2. The topological polar surface area (TPSA) is 57.8 Å². The highest BCUT2D eigenvalue weighted by atomic mass is 16.1. The van der Waals surface area contributed by atoms with Crippen LogP contribution in [0.5, 0.6) is 0 Å². The van der Waals surface area contributed by atoms with Gasteiger partial charge in [-0.3, -0.25) is 9.89 Å². The van der Waals surface area contributed by atoms with Crippen LogP contribution in [0.2, 0.25) is 0 Å². The van der Waals surface area contributed by atoms with Crippen LogP contribution in [0.3, 0.4) is 0 Å². The summed E-state index contributed by atoms with van der Waals surface area (Å²) >= 11 is 0. The smallest absolute Gasteiger partial charge is 0.253 e. The fraction of sp³-hybridized carbons (Fsp3) is 0.273. The molecule has 2 rings (SSSR count). The molecule has 1 aromatic carbocycles. The number of hydrogen-bond acceptors (Lipinski definition) is 2. The number of carbonyl (C=O) groups excluding carboxylic acids is 1. The lowest BCUT2D eigenvalue weighted by Crippen LogP contribution is -2.30. The predicted molar refractivity (Wildman–Crippen MR) is 58.7 cm³/mol. The van der Waals surface area contributed by atoms with E-state index in [2.05, 4.69) is 15.5 Å². The van der Waals surface area contributed by atoms with Crippen LogP contribution in [-0.4, -0.2) is 22.1 Å². The number of fused-ring (bicyclic) bond motifs is 1. The van der Waals surface area contributed by atoms with Gasteiger partial charge >= 0.3 is 0 Å². The molecule has 0 saturated carbocycles. The lowest BCUT2D eigenvalue weighted by Gasteiger charge is -2.08. The molecule has 0 bridgehead atoms. The molecule has 0 saturated heterocycles. The number of nitrogens with one attached hydrogen (secondary N) is 2. The molecule has 1 aromatic heterocycles. The van der Waals surface area contributed by atoms with E-state index in [1.165, 1.54) is 0 Å². The number of rotatable bonds is 2. The van der Waals surface area contributed by atoms with E-state index in [0.29, 0.717) is 5.56 Å². The second-order valence-corrected chi connectivity index (χ2v) is 3.77. The van der Waals surface area contributed by atoms with Gasteiger partial charge in [0.15, 0.2) is 0 Å². The maximum absolute atomic E-state index is 11.8. The van der Waals surface area contributed by atoms with Crippen LogP contribution in [0, 0.1) is 0 Å². The van der Waals surface area contributed by atoms with E-state index in [4.69, 9.17) is 0 Å². The van der Waals surface area contributed by atoms with Gasteiger partial charge in [-0.25, -0.2) is 0 Å². The average molecular weight is 203 g/mol. The summed E-state index contributed by atoms with van der Waals surface area (Å²) in [5.41, 5.74) is 1.43. The quantitative estimate of drug-likeness (QED) is 0.780. The van der Waals surface area contributed by atoms with Crippen LogP contribution in [0.25, 0.3) is 10.9 Å². The number of aromatic amines is 1. The number of para-hydroxylation sites is 1. The molecular formula is C11H13N3O. The first-order chi connectivity index (χ1) is 7.18. The minimum atomic E-state index is -0.0696. The summed E-state index contributed by atoms with van der Waals surface area (Å²) in [7, 11) is 0. The molecule has 4 heteroatoms. The van der Waals surface area contributed by atoms with Crippen LogP contribution >= 0.6 is 0 Å². The molecule has 78 valence electrons. The Kier molecular flexibility index (Phi) is 2.41. The van der Waals surface area contributed by atoms with Crippen LogP contribution in [0.1, 0.15) is 24.2 Å². The Morgan fingerprint density at radius 2 is 2.27 bits per heavy atom. The van der Waals surface area contributed by atoms with Gasteiger partial charge in [-0.15, -0.1) is 0 Å². The van der Waals surface area contributed by atoms with Gasteiger partial charge in [-0.2, -0.15) is 5.10 Å². The van der Waals surface area contributed by atoms with E-state index in [-0.39, 0.29) is 11.9 Å². The summed E-state index contributed by atoms with van der Waals surface area (Å²) in [5.74, 6) is -0.0696. The molecule has 0 unspecified atom stereocenters. The number of carbonyl (C=O) groups is 1. The van der Waals surface area contributed by atoms with Crippen molar-refractivity contribution in [3.05, 3.63) is 30.0 Å². The molecule has 0 aliphatic carbocycles. The van der Waals surface area contributed by atoms with Gasteiger partial charge in [-0.1, -0.05) is 12.1 Å². The van der Waals surface area contributed by atoms with Crippen LogP contribution in [0.15, 0.2) is 24.4 Å². The second kappa shape index (κ2) is 3.73. The van der Waals surface area contributed by atoms with Gasteiger partial charge in [0, 0.05) is 11.4 Å². The zero-order valence-electron chi connectivity index (χ0n) is 8.74. The van der Waals surface area contributed by atoms with Crippen molar-refractivity contribution in [3.63, 3.8) is 0 Å². The molecule has 1 heterocycles. The summed E-state index contributed by atoms with van der Waals surface area (Å²) < 4.78 is 0. The Labute approximate surface area is 87.7 Å². The number of amides is 1. The van der Waals surface area contributed by atoms with Crippen LogP contribution in [0.4, 0.5) is 0 Å². The Balaban J connectivity index is 2.42. The summed E-state index contributed by atoms with van der Waals surface area (Å²) in [6, 6.07) is 5.70. The van der Waals surface area contributed by atoms with Gasteiger partial charge in [0.2, 0.25) is 0 Å². The highest BCUT2D eigenvalue weighted by Gasteiger charge is 2.11. The Bertz CT molecular complexity index is 487. The van der Waals surface area contributed by atoms with E-state index in [9.17, 15) is 4.79 Å². The van der Waals surface area contributed by atoms with Gasteiger partial charge in [0.05, 0.1) is 17.3 Å². The van der Waals surface area contributed by atoms with Gasteiger partial charge in [-0.05, 0) is 19.9 Å². The van der Waals surface area contributed by atoms with Crippen molar-refractivity contribution in [2.45, 2.75) is 19.9 Å². The van der Waals surface area contributed by atoms with Gasteiger partial charge in [0.25, 0.3) is 5.91 Å². The molecule has 0 fully saturated rings. The summed E-state index contributed by atoms with van der Waals surface area (Å²) in [4.78, 5) is 11.8. The Hall–Kier alpha value is -1.84. The number of nitrogens with zero attached hydrogens (tertiary/aromatic N) is 1. The van der Waals surface area contributed by atoms with Crippen molar-refractivity contribution in [1.82, 2.24) is 15.5 Å². The van der Waals surface area contributed by atoms with E-state index < -0.39 is 0 Å². The molecule has 15 heavy (non-hydrogen) atoms. The summed E-state index contributed by atoms with van der Waals surface area (Å²) in [6.07, 6.45) is 1.71. The minimum absolute atomic E-state index is 0.0696. The SMILES string of the molecule is CC(C)NC(=O)c1cccc2cn[nH]c12. The Morgan fingerprint density at radius 1 is 1.47 bits per heavy atom. The fourth-order valence-electron chi connectivity index (χ4n) is 1.50. The van der Waals surface area contributed by atoms with Crippen molar-refractivity contribution >= 4 is 16.8 Å². The lowest BCUT2D eigenvalue weighted by molar-refractivity contribution is 0.0944. The van der Waals surface area contributed by atoms with E-state index in [0.717, 1.165) is 10.9 Å². The second-order valence-electron chi connectivity index (χ2n) is 3.77. The molecule has 0 atom stereocenters. The minimum Gasteiger partial charge on any atom is -0.350 e. The van der Waals surface area contributed by atoms with Crippen LogP contribution in [-0.2, 0) is 0 Å². The highest BCUT2D eigenvalue weighted by Crippen LogP contribution is 2.15. The third-order valence-electron chi connectivity index (χ3n) is 2.14. The van der Waals surface area contributed by atoms with E-state index in [1.807, 2.05) is 26.0 Å². The number of benzene rings is 1. The third kappa shape index (κ3) is 1.83. The lowest BCUT2D eigenvalue weighted by atomic mass is 10.1. The maximum Gasteiger partial charge on any atom is 0.253 e. The average Bonchev–Trinajstić information content (AvgIpc) is 2.63. The summed E-state index contributed by atoms with van der Waals surface area (Å²) in [5, 5.41) is 10.6. The van der Waals surface area contributed by atoms with Gasteiger partial charge < -0.3 is 5.32 Å². The first-order valence-corrected chi connectivity index (χ1v) is 4.91. The van der Waals surface area contributed by atoms with Crippen molar-refractivity contribution in [3.8, 4) is 0 Å². The van der Waals surface area contributed by atoms with E-state index >= 15 is 0 Å². The molecule has 0 aliphatic heterocycles. The highest BCUT2D eigenvalue weighted by molar-refractivity contribution is 6.05. The standard InChI is InChI=1S/C11H13N3O/c1-7(2)13-11(15)9-5-3-4-8-6-12-14-10(8)9/h3-7H,1-2H3,(H,12,14)(H,13,15). The van der Waals surface area contributed by atoms with Gasteiger partial charge in [0.1, 0.15) is 0 Å². The van der Waals surface area contributed by atoms with Crippen molar-refractivity contribution < 1.29 is 4.79 Å². The Morgan fingerprint density at radius 3 is 3.00 bits per heavy atom. The van der Waals surface area contributed by atoms with Crippen molar-refractivity contribution in [2.75, 3.05) is 0 Å². The summed E-state index contributed by atoms with van der Waals surface area (Å²) in [6.45, 7) is 3.87. The van der Waals surface area contributed by atoms with Crippen molar-refractivity contribution in [2.24, 2.45) is 0 Å². The number of H-pyrrole nitrogens is 1. The van der Waals surface area contributed by atoms with Crippen molar-refractivity contribution in [1.29, 1.82) is 0 Å². The monoisotopic (exact) mass is 203 g/mol. The largest absolute Gasteiger partial charge is 0.350 e. The molecule has 2 aromatic rings. The number of aromatic nitrogens is 2. The normalized spacial score (nSPS) is 10.9. The first-order valence-electron chi connectivity index (χ1n) is 4.91. The third-order valence-corrected chi connectivity index (χ3v) is 2.14. The zero-order valence-corrected chi connectivity index (χ0v) is 8.74. The zero-order chi connectivity index (χ0) is 10.8. The molecule has 4 nitrogen and oxygen atoms in total. The molecule has 1 amide bonds.